The Morgan fingerprint density at radius 2 is 1.32 bits per heavy atom. The fourth-order valence-corrected chi connectivity index (χ4v) is 5.38. The molecule has 1 N–H and O–H groups in total. The van der Waals surface area contributed by atoms with Gasteiger partial charge in [0.05, 0.1) is 0 Å². The van der Waals surface area contributed by atoms with Crippen LogP contribution in [0, 0.1) is 35.0 Å². The molecule has 0 bridgehead atoms. The zero-order valence-electron chi connectivity index (χ0n) is 27.6. The van der Waals surface area contributed by atoms with Crippen molar-refractivity contribution in [3.8, 4) is 0 Å². The molecule has 0 aliphatic carbocycles. The molecule has 222 valence electrons. The molecule has 0 spiro atoms. The summed E-state index contributed by atoms with van der Waals surface area (Å²) in [6.07, 6.45) is 3.66. The van der Waals surface area contributed by atoms with E-state index < -0.39 is 23.6 Å². The Kier molecular flexibility index (Phi) is 21.5. The van der Waals surface area contributed by atoms with Crippen LogP contribution in [0.25, 0.3) is 0 Å². The summed E-state index contributed by atoms with van der Waals surface area (Å²) >= 11 is 0. The molecular weight excluding hydrogens is 462 g/mol. The van der Waals surface area contributed by atoms with Gasteiger partial charge in [-0.25, -0.2) is 0 Å². The number of esters is 1. The first-order chi connectivity index (χ1) is 17.2. The third kappa shape index (κ3) is 12.0. The molecule has 3 unspecified atom stereocenters. The minimum atomic E-state index is -1.23. The lowest BCUT2D eigenvalue weighted by atomic mass is 9.68. The molecule has 5 heteroatoms. The molecule has 8 atom stereocenters. The molecule has 0 aromatic heterocycles. The van der Waals surface area contributed by atoms with Crippen molar-refractivity contribution >= 4 is 17.5 Å². The van der Waals surface area contributed by atoms with Crippen LogP contribution in [0.1, 0.15) is 136 Å². The number of aliphatic hydroxyl groups is 1. The number of carbonyl (C=O) groups excluding carboxylic acids is 2. The molecule has 1 saturated heterocycles. The average molecular weight is 528 g/mol. The number of ether oxygens (including phenoxy) is 1. The molecule has 1 rings (SSSR count). The Morgan fingerprint density at radius 3 is 1.70 bits per heavy atom. The summed E-state index contributed by atoms with van der Waals surface area (Å²) in [4.78, 5) is 30.5. The number of cyclic esters (lactones) is 1. The first-order valence-corrected chi connectivity index (χ1v) is 15.1. The quantitative estimate of drug-likeness (QED) is 0.288. The van der Waals surface area contributed by atoms with Gasteiger partial charge in [-0.1, -0.05) is 103 Å². The molecule has 5 nitrogen and oxygen atoms in total. The standard InChI is InChI=1S/C25H45NO4.C3H8.2C2H6/c1-11-20-25(9,29)19(7)17(5)21(26-10)15(3)13-24(8,12-2)14-16(4)22(27)18(6)23(28)30-20;1-3-2;2*1-2/h15-20,29H,11-14H2,1-10H3;3H2,1-2H3;2*1-2H3/t15-,16-,17?,18?,19?,20-,24-,25+;;;/m1.../s1. The number of hydrogen-bond donors (Lipinski definition) is 1. The van der Waals surface area contributed by atoms with Crippen LogP contribution in [0.2, 0.25) is 0 Å². The number of hydrogen-bond acceptors (Lipinski definition) is 5. The van der Waals surface area contributed by atoms with Gasteiger partial charge in [-0.3, -0.25) is 14.6 Å². The van der Waals surface area contributed by atoms with Gasteiger partial charge in [0, 0.05) is 18.7 Å². The van der Waals surface area contributed by atoms with Crippen molar-refractivity contribution in [2.24, 2.45) is 40.0 Å². The third-order valence-electron chi connectivity index (χ3n) is 7.90. The highest BCUT2D eigenvalue weighted by Crippen LogP contribution is 2.41. The molecule has 0 saturated carbocycles. The number of rotatable bonds is 2. The maximum absolute atomic E-state index is 13.0. The molecular formula is C32H65NO4. The Labute approximate surface area is 231 Å². The van der Waals surface area contributed by atoms with Crippen molar-refractivity contribution in [2.75, 3.05) is 7.05 Å². The van der Waals surface area contributed by atoms with E-state index in [0.717, 1.165) is 25.0 Å². The van der Waals surface area contributed by atoms with Gasteiger partial charge >= 0.3 is 5.97 Å². The largest absolute Gasteiger partial charge is 0.459 e. The smallest absolute Gasteiger partial charge is 0.316 e. The van der Waals surface area contributed by atoms with E-state index in [1.807, 2.05) is 55.5 Å². The van der Waals surface area contributed by atoms with Crippen LogP contribution in [0.4, 0.5) is 0 Å². The molecule has 0 amide bonds. The maximum Gasteiger partial charge on any atom is 0.316 e. The molecule has 0 aromatic carbocycles. The van der Waals surface area contributed by atoms with Crippen molar-refractivity contribution in [2.45, 2.75) is 148 Å². The van der Waals surface area contributed by atoms with E-state index in [-0.39, 0.29) is 34.9 Å². The highest BCUT2D eigenvalue weighted by Gasteiger charge is 2.45. The lowest BCUT2D eigenvalue weighted by molar-refractivity contribution is -0.177. The Bertz CT molecular complexity index is 657. The van der Waals surface area contributed by atoms with Crippen LogP contribution in [0.3, 0.4) is 0 Å². The molecule has 1 aliphatic heterocycles. The van der Waals surface area contributed by atoms with Gasteiger partial charge in [0.15, 0.2) is 0 Å². The number of ketones is 1. The number of Topliss-reactive ketones (excluding diaryl/α,β-unsaturated/α-hetero) is 1. The van der Waals surface area contributed by atoms with Crippen LogP contribution >= 0.6 is 0 Å². The fourth-order valence-electron chi connectivity index (χ4n) is 5.38. The summed E-state index contributed by atoms with van der Waals surface area (Å²) in [6.45, 7) is 30.1. The van der Waals surface area contributed by atoms with E-state index in [2.05, 4.69) is 46.5 Å². The Hall–Kier alpha value is -1.23. The van der Waals surface area contributed by atoms with Gasteiger partial charge in [0.2, 0.25) is 0 Å². The number of carbonyl (C=O) groups is 2. The number of aliphatic imine (C=N–C) groups is 1. The van der Waals surface area contributed by atoms with E-state index in [1.54, 1.807) is 13.8 Å². The molecule has 0 aromatic rings. The highest BCUT2D eigenvalue weighted by atomic mass is 16.6. The number of nitrogens with zero attached hydrogens (tertiary/aromatic N) is 1. The normalized spacial score (nSPS) is 36.4. The van der Waals surface area contributed by atoms with E-state index in [9.17, 15) is 14.7 Å². The molecule has 37 heavy (non-hydrogen) atoms. The summed E-state index contributed by atoms with van der Waals surface area (Å²) < 4.78 is 5.73. The van der Waals surface area contributed by atoms with E-state index in [1.165, 1.54) is 6.42 Å². The molecule has 1 heterocycles. The molecule has 1 aliphatic rings. The van der Waals surface area contributed by atoms with Crippen LogP contribution in [0.15, 0.2) is 4.99 Å². The summed E-state index contributed by atoms with van der Waals surface area (Å²) in [5.41, 5.74) is -0.185. The second-order valence-corrected chi connectivity index (χ2v) is 11.0. The maximum atomic E-state index is 13.0. The zero-order valence-corrected chi connectivity index (χ0v) is 27.6. The van der Waals surface area contributed by atoms with Crippen LogP contribution in [-0.4, -0.2) is 41.3 Å². The van der Waals surface area contributed by atoms with Crippen LogP contribution in [0.5, 0.6) is 0 Å². The predicted molar refractivity (Wildman–Crippen MR) is 161 cm³/mol. The topological polar surface area (TPSA) is 76.0 Å². The van der Waals surface area contributed by atoms with Crippen molar-refractivity contribution < 1.29 is 19.4 Å². The van der Waals surface area contributed by atoms with Crippen LogP contribution < -0.4 is 0 Å². The monoisotopic (exact) mass is 527 g/mol. The van der Waals surface area contributed by atoms with Gasteiger partial charge in [-0.2, -0.15) is 0 Å². The predicted octanol–water partition coefficient (Wildman–Crippen LogP) is 8.56. The third-order valence-corrected chi connectivity index (χ3v) is 7.90. The van der Waals surface area contributed by atoms with Gasteiger partial charge in [0.25, 0.3) is 0 Å². The summed E-state index contributed by atoms with van der Waals surface area (Å²) in [5, 5.41) is 11.4. The Morgan fingerprint density at radius 1 is 0.892 bits per heavy atom. The second kappa shape index (κ2) is 19.8. The summed E-state index contributed by atoms with van der Waals surface area (Å²) in [5.74, 6) is -1.57. The van der Waals surface area contributed by atoms with E-state index >= 15 is 0 Å². The van der Waals surface area contributed by atoms with Gasteiger partial charge < -0.3 is 9.84 Å². The zero-order chi connectivity index (χ0) is 30.1. The minimum absolute atomic E-state index is 0.0321. The summed E-state index contributed by atoms with van der Waals surface area (Å²) in [6, 6.07) is 0. The summed E-state index contributed by atoms with van der Waals surface area (Å²) in [7, 11) is 1.82. The van der Waals surface area contributed by atoms with Crippen molar-refractivity contribution in [3.63, 3.8) is 0 Å². The van der Waals surface area contributed by atoms with E-state index in [0.29, 0.717) is 6.42 Å². The van der Waals surface area contributed by atoms with Gasteiger partial charge in [0.1, 0.15) is 23.4 Å². The lowest BCUT2D eigenvalue weighted by Crippen LogP contribution is -2.51. The van der Waals surface area contributed by atoms with E-state index in [4.69, 9.17) is 4.74 Å². The van der Waals surface area contributed by atoms with Crippen molar-refractivity contribution in [1.29, 1.82) is 0 Å². The highest BCUT2D eigenvalue weighted by molar-refractivity contribution is 5.99. The first kappa shape index (κ1) is 40.3. The second-order valence-electron chi connectivity index (χ2n) is 11.0. The lowest BCUT2D eigenvalue weighted by Gasteiger charge is -2.42. The minimum Gasteiger partial charge on any atom is -0.459 e. The van der Waals surface area contributed by atoms with Gasteiger partial charge in [-0.05, 0) is 56.3 Å². The SMILES string of the molecule is CC.CC.CCC.CC[C@H]1OC(=O)C(C)C(=O)[C@H](C)C[C@](C)(CC)C[C@@H](C)C(=NC)C(C)C(C)[C@]1(C)O. The molecule has 1 fully saturated rings. The van der Waals surface area contributed by atoms with Gasteiger partial charge in [-0.15, -0.1) is 0 Å². The first-order valence-electron chi connectivity index (χ1n) is 15.1. The average Bonchev–Trinajstić information content (AvgIpc) is 2.87. The van der Waals surface area contributed by atoms with Crippen molar-refractivity contribution in [1.82, 2.24) is 0 Å². The molecule has 0 radical (unpaired) electrons. The van der Waals surface area contributed by atoms with Crippen molar-refractivity contribution in [3.05, 3.63) is 0 Å². The van der Waals surface area contributed by atoms with Crippen LogP contribution in [-0.2, 0) is 14.3 Å². The Balaban J connectivity index is -0.00000150. The fraction of sp³-hybridized carbons (Fsp3) is 0.906.